The molecule has 2 aromatic rings. The second-order valence-electron chi connectivity index (χ2n) is 10.1. The number of guanidine groups is 1. The molecule has 0 aliphatic carbocycles. The Kier molecular flexibility index (Phi) is 13.9. The van der Waals surface area contributed by atoms with Gasteiger partial charge in [0.05, 0.1) is 12.5 Å². The molecule has 0 saturated heterocycles. The van der Waals surface area contributed by atoms with Gasteiger partial charge in [-0.25, -0.2) is 4.79 Å². The first-order valence-corrected chi connectivity index (χ1v) is 13.9. The van der Waals surface area contributed by atoms with Crippen molar-refractivity contribution in [3.63, 3.8) is 0 Å². The molecule has 15 N–H and O–H groups in total. The molecule has 4 amide bonds. The SMILES string of the molecule is NCCCCC(NC(=O)C(N)Cc1c[nH]c2ccccc12)C(=O)NC(CC(N)=O)C(=O)NC(CCCN=C(N)N)C(=O)O. The van der Waals surface area contributed by atoms with Crippen LogP contribution in [0.2, 0.25) is 0 Å². The number of benzene rings is 1. The van der Waals surface area contributed by atoms with Gasteiger partial charge in [0.15, 0.2) is 5.96 Å². The summed E-state index contributed by atoms with van der Waals surface area (Å²) in [5.74, 6) is -4.72. The van der Waals surface area contributed by atoms with Gasteiger partial charge in [0.2, 0.25) is 23.6 Å². The Morgan fingerprint density at radius 3 is 2.14 bits per heavy atom. The van der Waals surface area contributed by atoms with Gasteiger partial charge in [-0.2, -0.15) is 0 Å². The van der Waals surface area contributed by atoms with Gasteiger partial charge in [-0.1, -0.05) is 18.2 Å². The number of para-hydroxylation sites is 1. The molecule has 16 heteroatoms. The number of aromatic amines is 1. The Morgan fingerprint density at radius 2 is 1.49 bits per heavy atom. The minimum absolute atomic E-state index is 0.0266. The van der Waals surface area contributed by atoms with E-state index in [0.29, 0.717) is 19.4 Å². The Hall–Kier alpha value is -4.70. The van der Waals surface area contributed by atoms with Crippen molar-refractivity contribution >= 4 is 46.5 Å². The molecule has 236 valence electrons. The molecule has 43 heavy (non-hydrogen) atoms. The first kappa shape index (κ1) is 34.5. The van der Waals surface area contributed by atoms with E-state index in [4.69, 9.17) is 28.7 Å². The fraction of sp³-hybridized carbons (Fsp3) is 0.481. The fourth-order valence-corrected chi connectivity index (χ4v) is 4.39. The number of carbonyl (C=O) groups excluding carboxylic acids is 4. The quantitative estimate of drug-likeness (QED) is 0.0463. The first-order valence-electron chi connectivity index (χ1n) is 13.9. The van der Waals surface area contributed by atoms with Crippen LogP contribution in [0.25, 0.3) is 10.9 Å². The molecular weight excluding hydrogens is 560 g/mol. The maximum Gasteiger partial charge on any atom is 0.326 e. The monoisotopic (exact) mass is 602 g/mol. The molecule has 0 aliphatic heterocycles. The molecule has 0 bridgehead atoms. The first-order chi connectivity index (χ1) is 20.4. The van der Waals surface area contributed by atoms with Crippen molar-refractivity contribution in [1.82, 2.24) is 20.9 Å². The van der Waals surface area contributed by atoms with E-state index in [-0.39, 0.29) is 38.2 Å². The highest BCUT2D eigenvalue weighted by Gasteiger charge is 2.31. The molecule has 4 unspecified atom stereocenters. The van der Waals surface area contributed by atoms with Crippen LogP contribution in [0.15, 0.2) is 35.5 Å². The fourth-order valence-electron chi connectivity index (χ4n) is 4.39. The largest absolute Gasteiger partial charge is 0.480 e. The minimum Gasteiger partial charge on any atom is -0.480 e. The highest BCUT2D eigenvalue weighted by Crippen LogP contribution is 2.19. The summed E-state index contributed by atoms with van der Waals surface area (Å²) in [6, 6.07) is 2.57. The van der Waals surface area contributed by atoms with Gasteiger partial charge < -0.3 is 54.7 Å². The van der Waals surface area contributed by atoms with Crippen molar-refractivity contribution in [1.29, 1.82) is 0 Å². The number of nitrogens with two attached hydrogens (primary N) is 5. The summed E-state index contributed by atoms with van der Waals surface area (Å²) in [7, 11) is 0. The average molecular weight is 603 g/mol. The van der Waals surface area contributed by atoms with E-state index in [1.165, 1.54) is 0 Å². The number of nitrogens with zero attached hydrogens (tertiary/aromatic N) is 1. The lowest BCUT2D eigenvalue weighted by Crippen LogP contribution is -2.57. The van der Waals surface area contributed by atoms with Crippen LogP contribution in [0.3, 0.4) is 0 Å². The lowest BCUT2D eigenvalue weighted by atomic mass is 10.0. The van der Waals surface area contributed by atoms with Gasteiger partial charge in [0.25, 0.3) is 0 Å². The third-order valence-corrected chi connectivity index (χ3v) is 6.63. The van der Waals surface area contributed by atoms with Gasteiger partial charge in [-0.15, -0.1) is 0 Å². The molecule has 0 fully saturated rings. The van der Waals surface area contributed by atoms with Crippen molar-refractivity contribution in [3.8, 4) is 0 Å². The second kappa shape index (κ2) is 17.3. The summed E-state index contributed by atoms with van der Waals surface area (Å²) in [6.07, 6.45) is 2.75. The Labute approximate surface area is 248 Å². The lowest BCUT2D eigenvalue weighted by Gasteiger charge is -2.25. The van der Waals surface area contributed by atoms with Crippen LogP contribution in [0.1, 0.15) is 44.1 Å². The molecule has 1 heterocycles. The van der Waals surface area contributed by atoms with E-state index in [1.807, 2.05) is 24.3 Å². The third kappa shape index (κ3) is 11.6. The van der Waals surface area contributed by atoms with E-state index >= 15 is 0 Å². The molecule has 1 aromatic carbocycles. The molecule has 0 aliphatic rings. The zero-order chi connectivity index (χ0) is 31.9. The number of amides is 4. The predicted octanol–water partition coefficient (Wildman–Crippen LogP) is -2.37. The number of rotatable bonds is 19. The minimum atomic E-state index is -1.50. The zero-order valence-electron chi connectivity index (χ0n) is 23.9. The van der Waals surface area contributed by atoms with Crippen LogP contribution in [-0.2, 0) is 30.4 Å². The lowest BCUT2D eigenvalue weighted by molar-refractivity contribution is -0.142. The van der Waals surface area contributed by atoms with Crippen molar-refractivity contribution in [2.24, 2.45) is 33.7 Å². The number of aliphatic carboxylic acids is 1. The molecule has 0 spiro atoms. The van der Waals surface area contributed by atoms with Gasteiger partial charge in [-0.05, 0) is 56.7 Å². The number of unbranched alkanes of at least 4 members (excludes halogenated alkanes) is 1. The number of primary amides is 1. The molecule has 2 rings (SSSR count). The molecule has 4 atom stereocenters. The highest BCUT2D eigenvalue weighted by molar-refractivity contribution is 5.96. The van der Waals surface area contributed by atoms with Gasteiger partial charge >= 0.3 is 5.97 Å². The third-order valence-electron chi connectivity index (χ3n) is 6.63. The summed E-state index contributed by atoms with van der Waals surface area (Å²) in [5.41, 5.74) is 29.3. The van der Waals surface area contributed by atoms with E-state index < -0.39 is 60.2 Å². The predicted molar refractivity (Wildman–Crippen MR) is 160 cm³/mol. The summed E-state index contributed by atoms with van der Waals surface area (Å²) >= 11 is 0. The van der Waals surface area contributed by atoms with Gasteiger partial charge in [-0.3, -0.25) is 24.2 Å². The molecule has 0 radical (unpaired) electrons. The van der Waals surface area contributed by atoms with Crippen LogP contribution in [0.5, 0.6) is 0 Å². The standard InChI is InChI=1S/C27H42N10O6/c28-10-4-3-8-19(35-23(39)17(29)12-15-14-34-18-7-2-1-6-16(15)18)24(40)37-21(13-22(30)38)25(41)36-20(26(42)43)9-5-11-33-27(31)32/h1-2,6-7,14,17,19-21,34H,3-5,8-13,28-29H2,(H2,30,38)(H,35,39)(H,36,41)(H,37,40)(H,42,43)(H4,31,32,33). The van der Waals surface area contributed by atoms with Crippen LogP contribution in [0.4, 0.5) is 0 Å². The molecular formula is C27H42N10O6. The maximum absolute atomic E-state index is 13.3. The summed E-state index contributed by atoms with van der Waals surface area (Å²) in [4.78, 5) is 69.6. The Balaban J connectivity index is 2.12. The van der Waals surface area contributed by atoms with Crippen molar-refractivity contribution in [2.75, 3.05) is 13.1 Å². The van der Waals surface area contributed by atoms with Crippen LogP contribution in [0, 0.1) is 0 Å². The number of carboxylic acids is 1. The molecule has 0 saturated carbocycles. The van der Waals surface area contributed by atoms with Gasteiger partial charge in [0.1, 0.15) is 18.1 Å². The van der Waals surface area contributed by atoms with Crippen LogP contribution in [-0.4, -0.2) is 82.9 Å². The zero-order valence-corrected chi connectivity index (χ0v) is 23.9. The molecule has 1 aromatic heterocycles. The summed E-state index contributed by atoms with van der Waals surface area (Å²) in [6.45, 7) is 0.491. The highest BCUT2D eigenvalue weighted by atomic mass is 16.4. The van der Waals surface area contributed by atoms with E-state index in [1.54, 1.807) is 6.20 Å². The number of hydrogen-bond donors (Lipinski definition) is 10. The van der Waals surface area contributed by atoms with Crippen molar-refractivity contribution in [2.45, 2.75) is 69.1 Å². The number of aliphatic imine (C=N–C) groups is 1. The average Bonchev–Trinajstić information content (AvgIpc) is 3.35. The number of carbonyl (C=O) groups is 5. The smallest absolute Gasteiger partial charge is 0.326 e. The van der Waals surface area contributed by atoms with E-state index in [0.717, 1.165) is 16.5 Å². The second-order valence-corrected chi connectivity index (χ2v) is 10.1. The van der Waals surface area contributed by atoms with Crippen molar-refractivity contribution in [3.05, 3.63) is 36.0 Å². The van der Waals surface area contributed by atoms with E-state index in [9.17, 15) is 29.1 Å². The maximum atomic E-state index is 13.3. The Bertz CT molecular complexity index is 1290. The number of hydrogen-bond acceptors (Lipinski definition) is 8. The van der Waals surface area contributed by atoms with Crippen LogP contribution >= 0.6 is 0 Å². The number of H-pyrrole nitrogens is 1. The number of nitrogens with one attached hydrogen (secondary N) is 4. The topological polar surface area (TPSA) is 300 Å². The number of aromatic nitrogens is 1. The normalized spacial score (nSPS) is 13.7. The summed E-state index contributed by atoms with van der Waals surface area (Å²) in [5, 5.41) is 17.8. The Morgan fingerprint density at radius 1 is 0.860 bits per heavy atom. The summed E-state index contributed by atoms with van der Waals surface area (Å²) < 4.78 is 0. The van der Waals surface area contributed by atoms with E-state index in [2.05, 4.69) is 25.9 Å². The van der Waals surface area contributed by atoms with Gasteiger partial charge in [0, 0.05) is 23.6 Å². The number of carboxylic acid groups (broad SMARTS) is 1. The van der Waals surface area contributed by atoms with Crippen LogP contribution < -0.4 is 44.6 Å². The number of fused-ring (bicyclic) bond motifs is 1. The molecule has 16 nitrogen and oxygen atoms in total. The van der Waals surface area contributed by atoms with Crippen molar-refractivity contribution < 1.29 is 29.1 Å².